The van der Waals surface area contributed by atoms with Crippen LogP contribution >= 0.6 is 22.9 Å². The number of nitrogens with one attached hydrogen (secondary N) is 1. The molecule has 0 radical (unpaired) electrons. The zero-order valence-electron chi connectivity index (χ0n) is 11.7. The molecular formula is C15H19ClN2S. The Balaban J connectivity index is 2.13. The molecular weight excluding hydrogens is 276 g/mol. The summed E-state index contributed by atoms with van der Waals surface area (Å²) in [6, 6.07) is 8.47. The fraction of sp³-hybridized carbons (Fsp3) is 0.400. The number of aryl methyl sites for hydroxylation is 2. The van der Waals surface area contributed by atoms with Crippen molar-refractivity contribution in [2.75, 3.05) is 0 Å². The van der Waals surface area contributed by atoms with Crippen LogP contribution in [-0.2, 0) is 0 Å². The first-order valence-corrected chi connectivity index (χ1v) is 7.63. The first-order chi connectivity index (χ1) is 8.99. The molecule has 4 heteroatoms. The van der Waals surface area contributed by atoms with Gasteiger partial charge in [-0.3, -0.25) is 0 Å². The summed E-state index contributed by atoms with van der Waals surface area (Å²) in [5.41, 5.74) is 2.25. The summed E-state index contributed by atoms with van der Waals surface area (Å²) in [6.45, 7) is 8.43. The molecule has 0 aliphatic rings. The van der Waals surface area contributed by atoms with Gasteiger partial charge in [0.2, 0.25) is 0 Å². The highest BCUT2D eigenvalue weighted by atomic mass is 35.5. The Bertz CT molecular complexity index is 565. The molecule has 0 bridgehead atoms. The van der Waals surface area contributed by atoms with E-state index in [0.717, 1.165) is 21.3 Å². The van der Waals surface area contributed by atoms with Gasteiger partial charge in [0.15, 0.2) is 0 Å². The summed E-state index contributed by atoms with van der Waals surface area (Å²) in [7, 11) is 0. The van der Waals surface area contributed by atoms with Crippen LogP contribution in [0.3, 0.4) is 0 Å². The molecule has 0 saturated carbocycles. The Morgan fingerprint density at radius 1 is 1.16 bits per heavy atom. The molecule has 2 atom stereocenters. The number of thiazole rings is 1. The van der Waals surface area contributed by atoms with Crippen molar-refractivity contribution in [3.8, 4) is 0 Å². The van der Waals surface area contributed by atoms with Crippen molar-refractivity contribution in [1.29, 1.82) is 0 Å². The normalized spacial score (nSPS) is 14.4. The molecule has 2 rings (SSSR count). The molecule has 1 aromatic carbocycles. The van der Waals surface area contributed by atoms with Gasteiger partial charge in [-0.15, -0.1) is 11.3 Å². The van der Waals surface area contributed by atoms with Crippen molar-refractivity contribution >= 4 is 22.9 Å². The van der Waals surface area contributed by atoms with E-state index in [0.29, 0.717) is 0 Å². The molecule has 1 unspecified atom stereocenters. The molecule has 0 aliphatic heterocycles. The predicted molar refractivity (Wildman–Crippen MR) is 83.0 cm³/mol. The number of aromatic nitrogens is 1. The third-order valence-corrected chi connectivity index (χ3v) is 4.80. The SMILES string of the molecule is Cc1nc(C)c(C(C)N[C@H](C)c2ccccc2Cl)s1. The molecule has 1 heterocycles. The van der Waals surface area contributed by atoms with Gasteiger partial charge in [0.25, 0.3) is 0 Å². The lowest BCUT2D eigenvalue weighted by Gasteiger charge is -2.20. The molecule has 2 nitrogen and oxygen atoms in total. The van der Waals surface area contributed by atoms with Gasteiger partial charge < -0.3 is 5.32 Å². The fourth-order valence-corrected chi connectivity index (χ4v) is 3.55. The maximum atomic E-state index is 6.23. The van der Waals surface area contributed by atoms with Crippen LogP contribution in [0.2, 0.25) is 5.02 Å². The minimum Gasteiger partial charge on any atom is -0.303 e. The minimum atomic E-state index is 0.213. The van der Waals surface area contributed by atoms with E-state index in [-0.39, 0.29) is 12.1 Å². The summed E-state index contributed by atoms with van der Waals surface area (Å²) in [4.78, 5) is 5.78. The second-order valence-corrected chi connectivity index (χ2v) is 6.46. The first kappa shape index (κ1) is 14.5. The van der Waals surface area contributed by atoms with E-state index in [1.807, 2.05) is 25.1 Å². The van der Waals surface area contributed by atoms with E-state index in [2.05, 4.69) is 37.1 Å². The highest BCUT2D eigenvalue weighted by molar-refractivity contribution is 7.11. The number of hydrogen-bond acceptors (Lipinski definition) is 3. The van der Waals surface area contributed by atoms with Gasteiger partial charge in [-0.25, -0.2) is 4.98 Å². The maximum absolute atomic E-state index is 6.23. The van der Waals surface area contributed by atoms with Crippen molar-refractivity contribution in [3.05, 3.63) is 50.4 Å². The third kappa shape index (κ3) is 3.35. The summed E-state index contributed by atoms with van der Waals surface area (Å²) in [5, 5.41) is 5.52. The number of nitrogens with zero attached hydrogens (tertiary/aromatic N) is 1. The lowest BCUT2D eigenvalue weighted by molar-refractivity contribution is 0.498. The monoisotopic (exact) mass is 294 g/mol. The smallest absolute Gasteiger partial charge is 0.0900 e. The van der Waals surface area contributed by atoms with Crippen molar-refractivity contribution in [1.82, 2.24) is 10.3 Å². The Kier molecular flexibility index (Phi) is 4.61. The average molecular weight is 295 g/mol. The number of rotatable bonds is 4. The number of benzene rings is 1. The molecule has 0 amide bonds. The quantitative estimate of drug-likeness (QED) is 0.874. The van der Waals surface area contributed by atoms with Crippen molar-refractivity contribution < 1.29 is 0 Å². The van der Waals surface area contributed by atoms with Crippen LogP contribution in [0.1, 0.15) is 47.1 Å². The largest absolute Gasteiger partial charge is 0.303 e. The van der Waals surface area contributed by atoms with Gasteiger partial charge in [0.1, 0.15) is 0 Å². The van der Waals surface area contributed by atoms with Crippen LogP contribution in [0.5, 0.6) is 0 Å². The standard InChI is InChI=1S/C15H19ClN2S/c1-9(13-7-5-6-8-14(13)16)17-10(2)15-11(3)18-12(4)19-15/h5-10,17H,1-4H3/t9-,10?/m1/s1. The van der Waals surface area contributed by atoms with Crippen LogP contribution in [-0.4, -0.2) is 4.98 Å². The van der Waals surface area contributed by atoms with E-state index in [1.54, 1.807) is 11.3 Å². The molecule has 0 spiro atoms. The summed E-state index contributed by atoms with van der Waals surface area (Å²) >= 11 is 7.99. The van der Waals surface area contributed by atoms with Gasteiger partial charge in [-0.2, -0.15) is 0 Å². The average Bonchev–Trinajstić information content (AvgIpc) is 2.69. The highest BCUT2D eigenvalue weighted by Gasteiger charge is 2.17. The van der Waals surface area contributed by atoms with Gasteiger partial charge in [0.05, 0.1) is 10.7 Å². The highest BCUT2D eigenvalue weighted by Crippen LogP contribution is 2.28. The van der Waals surface area contributed by atoms with Crippen LogP contribution < -0.4 is 5.32 Å². The fourth-order valence-electron chi connectivity index (χ4n) is 2.32. The topological polar surface area (TPSA) is 24.9 Å². The second kappa shape index (κ2) is 6.04. The Hall–Kier alpha value is -0.900. The van der Waals surface area contributed by atoms with Gasteiger partial charge in [0, 0.05) is 22.0 Å². The maximum Gasteiger partial charge on any atom is 0.0900 e. The lowest BCUT2D eigenvalue weighted by atomic mass is 10.1. The molecule has 1 N–H and O–H groups in total. The molecule has 102 valence electrons. The van der Waals surface area contributed by atoms with Gasteiger partial charge in [-0.1, -0.05) is 29.8 Å². The Morgan fingerprint density at radius 3 is 2.42 bits per heavy atom. The van der Waals surface area contributed by atoms with Crippen molar-refractivity contribution in [2.45, 2.75) is 39.8 Å². The third-order valence-electron chi connectivity index (χ3n) is 3.20. The Labute approximate surface area is 123 Å². The molecule has 1 aromatic heterocycles. The van der Waals surface area contributed by atoms with Gasteiger partial charge >= 0.3 is 0 Å². The van der Waals surface area contributed by atoms with Crippen LogP contribution in [0.15, 0.2) is 24.3 Å². The van der Waals surface area contributed by atoms with E-state index in [4.69, 9.17) is 11.6 Å². The minimum absolute atomic E-state index is 0.213. The van der Waals surface area contributed by atoms with Crippen molar-refractivity contribution in [3.63, 3.8) is 0 Å². The predicted octanol–water partition coefficient (Wildman–Crippen LogP) is 4.83. The van der Waals surface area contributed by atoms with Gasteiger partial charge in [-0.05, 0) is 39.3 Å². The lowest BCUT2D eigenvalue weighted by Crippen LogP contribution is -2.22. The van der Waals surface area contributed by atoms with E-state index < -0.39 is 0 Å². The summed E-state index contributed by atoms with van der Waals surface area (Å²) in [6.07, 6.45) is 0. The molecule has 0 saturated heterocycles. The summed E-state index contributed by atoms with van der Waals surface area (Å²) in [5.74, 6) is 0. The molecule has 0 fully saturated rings. The first-order valence-electron chi connectivity index (χ1n) is 6.43. The van der Waals surface area contributed by atoms with Crippen molar-refractivity contribution in [2.24, 2.45) is 0 Å². The van der Waals surface area contributed by atoms with E-state index >= 15 is 0 Å². The van der Waals surface area contributed by atoms with Crippen LogP contribution in [0, 0.1) is 13.8 Å². The summed E-state index contributed by atoms with van der Waals surface area (Å²) < 4.78 is 0. The molecule has 19 heavy (non-hydrogen) atoms. The Morgan fingerprint density at radius 2 is 1.84 bits per heavy atom. The second-order valence-electron chi connectivity index (χ2n) is 4.81. The number of hydrogen-bond donors (Lipinski definition) is 1. The van der Waals surface area contributed by atoms with Crippen LogP contribution in [0.25, 0.3) is 0 Å². The number of halogens is 1. The van der Waals surface area contributed by atoms with E-state index in [9.17, 15) is 0 Å². The molecule has 2 aromatic rings. The zero-order valence-corrected chi connectivity index (χ0v) is 13.3. The van der Waals surface area contributed by atoms with E-state index in [1.165, 1.54) is 4.88 Å². The van der Waals surface area contributed by atoms with Crippen LogP contribution in [0.4, 0.5) is 0 Å². The zero-order chi connectivity index (χ0) is 14.0. The molecule has 0 aliphatic carbocycles.